The molecular weight excluding hydrogens is 154 g/mol. The van der Waals surface area contributed by atoms with Gasteiger partial charge in [0.1, 0.15) is 0 Å². The molecule has 0 aliphatic heterocycles. The van der Waals surface area contributed by atoms with Crippen molar-refractivity contribution in [3.8, 4) is 0 Å². The van der Waals surface area contributed by atoms with Gasteiger partial charge in [-0.15, -0.1) is 0 Å². The van der Waals surface area contributed by atoms with Crippen LogP contribution in [-0.2, 0) is 0 Å². The number of hydrogen-bond acceptors (Lipinski definition) is 2. The highest BCUT2D eigenvalue weighted by molar-refractivity contribution is 4.55. The Morgan fingerprint density at radius 1 is 1.33 bits per heavy atom. The Hall–Kier alpha value is -0.600. The maximum absolute atomic E-state index is 10.2. The first kappa shape index (κ1) is 11.4. The molecule has 0 radical (unpaired) electrons. The van der Waals surface area contributed by atoms with Crippen molar-refractivity contribution in [2.24, 2.45) is 5.92 Å². The van der Waals surface area contributed by atoms with Crippen LogP contribution >= 0.6 is 0 Å². The molecule has 0 aromatic rings. The number of unbranched alkanes of at least 4 members (excludes halogenated alkanes) is 2. The van der Waals surface area contributed by atoms with Gasteiger partial charge < -0.3 is 0 Å². The zero-order valence-electron chi connectivity index (χ0n) is 8.08. The van der Waals surface area contributed by atoms with Crippen molar-refractivity contribution in [3.05, 3.63) is 10.1 Å². The van der Waals surface area contributed by atoms with Crippen molar-refractivity contribution in [1.82, 2.24) is 0 Å². The van der Waals surface area contributed by atoms with E-state index >= 15 is 0 Å². The van der Waals surface area contributed by atoms with Crippen LogP contribution < -0.4 is 0 Å². The Balaban J connectivity index is 3.46. The van der Waals surface area contributed by atoms with Gasteiger partial charge in [0.25, 0.3) is 0 Å². The molecule has 12 heavy (non-hydrogen) atoms. The van der Waals surface area contributed by atoms with E-state index in [-0.39, 0.29) is 11.5 Å². The van der Waals surface area contributed by atoms with E-state index in [9.17, 15) is 10.1 Å². The summed E-state index contributed by atoms with van der Waals surface area (Å²) in [5.74, 6) is 0.298. The fourth-order valence-electron chi connectivity index (χ4n) is 1.32. The molecule has 0 rings (SSSR count). The third-order valence-corrected chi connectivity index (χ3v) is 2.20. The first-order chi connectivity index (χ1) is 5.70. The van der Waals surface area contributed by atoms with Crippen molar-refractivity contribution < 1.29 is 4.92 Å². The molecular formula is C9H19NO2. The summed E-state index contributed by atoms with van der Waals surface area (Å²) in [5, 5.41) is 10.2. The van der Waals surface area contributed by atoms with E-state index in [1.54, 1.807) is 0 Å². The highest BCUT2D eigenvalue weighted by Crippen LogP contribution is 2.13. The summed E-state index contributed by atoms with van der Waals surface area (Å²) >= 11 is 0. The number of nitrogens with zero attached hydrogens (tertiary/aromatic N) is 1. The van der Waals surface area contributed by atoms with Crippen LogP contribution in [0.5, 0.6) is 0 Å². The molecule has 0 saturated carbocycles. The van der Waals surface area contributed by atoms with Crippen molar-refractivity contribution in [2.75, 3.05) is 6.54 Å². The van der Waals surface area contributed by atoms with Gasteiger partial charge in [0, 0.05) is 10.8 Å². The monoisotopic (exact) mass is 173 g/mol. The lowest BCUT2D eigenvalue weighted by Crippen LogP contribution is -2.13. The minimum Gasteiger partial charge on any atom is -0.265 e. The summed E-state index contributed by atoms with van der Waals surface area (Å²) in [6, 6.07) is 0. The third-order valence-electron chi connectivity index (χ3n) is 2.20. The maximum atomic E-state index is 10.2. The first-order valence-corrected chi connectivity index (χ1v) is 4.82. The lowest BCUT2D eigenvalue weighted by atomic mass is 9.99. The van der Waals surface area contributed by atoms with E-state index in [1.165, 1.54) is 12.8 Å². The van der Waals surface area contributed by atoms with Gasteiger partial charge in [-0.1, -0.05) is 33.1 Å². The Labute approximate surface area is 74.3 Å². The average molecular weight is 173 g/mol. The summed E-state index contributed by atoms with van der Waals surface area (Å²) in [6.45, 7) is 4.33. The first-order valence-electron chi connectivity index (χ1n) is 4.82. The van der Waals surface area contributed by atoms with Crippen LogP contribution in [-0.4, -0.2) is 11.5 Å². The third kappa shape index (κ3) is 6.13. The second-order valence-electron chi connectivity index (χ2n) is 3.29. The lowest BCUT2D eigenvalue weighted by molar-refractivity contribution is -0.488. The molecule has 0 fully saturated rings. The van der Waals surface area contributed by atoms with E-state index in [4.69, 9.17) is 0 Å². The molecule has 0 aliphatic rings. The summed E-state index contributed by atoms with van der Waals surface area (Å²) < 4.78 is 0. The molecule has 0 aromatic carbocycles. The zero-order chi connectivity index (χ0) is 9.40. The maximum Gasteiger partial charge on any atom is 0.206 e. The number of rotatable bonds is 7. The van der Waals surface area contributed by atoms with E-state index in [1.807, 2.05) is 6.92 Å². The van der Waals surface area contributed by atoms with Crippen molar-refractivity contribution in [2.45, 2.75) is 46.0 Å². The quantitative estimate of drug-likeness (QED) is 0.337. The summed E-state index contributed by atoms with van der Waals surface area (Å²) in [6.07, 6.45) is 5.49. The van der Waals surface area contributed by atoms with E-state index in [2.05, 4.69) is 6.92 Å². The molecule has 0 heterocycles. The molecule has 0 aromatic heterocycles. The van der Waals surface area contributed by atoms with Gasteiger partial charge in [0.05, 0.1) is 0 Å². The van der Waals surface area contributed by atoms with Crippen molar-refractivity contribution in [1.29, 1.82) is 0 Å². The van der Waals surface area contributed by atoms with Crippen LogP contribution in [0.25, 0.3) is 0 Å². The van der Waals surface area contributed by atoms with E-state index in [0.717, 1.165) is 19.3 Å². The Morgan fingerprint density at radius 3 is 2.42 bits per heavy atom. The molecule has 0 bridgehead atoms. The largest absolute Gasteiger partial charge is 0.265 e. The standard InChI is InChI=1S/C9H19NO2/c1-3-5-6-7-9(4-2)8-10(11)12/h9H,3-8H2,1-2H3. The van der Waals surface area contributed by atoms with Gasteiger partial charge in [-0.25, -0.2) is 0 Å². The van der Waals surface area contributed by atoms with Crippen molar-refractivity contribution in [3.63, 3.8) is 0 Å². The Kier molecular flexibility index (Phi) is 6.72. The molecule has 0 saturated heterocycles. The highest BCUT2D eigenvalue weighted by atomic mass is 16.6. The van der Waals surface area contributed by atoms with Crippen LogP contribution in [0.1, 0.15) is 46.0 Å². The summed E-state index contributed by atoms with van der Waals surface area (Å²) in [7, 11) is 0. The minimum absolute atomic E-state index is 0.153. The Bertz CT molecular complexity index is 126. The van der Waals surface area contributed by atoms with Crippen LogP contribution in [0.15, 0.2) is 0 Å². The summed E-state index contributed by atoms with van der Waals surface area (Å²) in [4.78, 5) is 10.0. The zero-order valence-corrected chi connectivity index (χ0v) is 8.08. The molecule has 0 N–H and O–H groups in total. The smallest absolute Gasteiger partial charge is 0.206 e. The average Bonchev–Trinajstić information content (AvgIpc) is 2.02. The van der Waals surface area contributed by atoms with Crippen LogP contribution in [0.2, 0.25) is 0 Å². The van der Waals surface area contributed by atoms with E-state index in [0.29, 0.717) is 5.92 Å². The molecule has 3 heteroatoms. The molecule has 0 spiro atoms. The van der Waals surface area contributed by atoms with Crippen LogP contribution in [0.3, 0.4) is 0 Å². The molecule has 0 aliphatic carbocycles. The van der Waals surface area contributed by atoms with E-state index < -0.39 is 0 Å². The minimum atomic E-state index is -0.194. The Morgan fingerprint density at radius 2 is 2.00 bits per heavy atom. The van der Waals surface area contributed by atoms with Crippen LogP contribution in [0, 0.1) is 16.0 Å². The predicted octanol–water partition coefficient (Wildman–Crippen LogP) is 2.87. The van der Waals surface area contributed by atoms with Gasteiger partial charge in [-0.05, 0) is 12.8 Å². The number of hydrogen-bond donors (Lipinski definition) is 0. The summed E-state index contributed by atoms with van der Waals surface area (Å²) in [5.41, 5.74) is 0. The lowest BCUT2D eigenvalue weighted by Gasteiger charge is -2.08. The molecule has 1 unspecified atom stereocenters. The van der Waals surface area contributed by atoms with Crippen LogP contribution in [0.4, 0.5) is 0 Å². The van der Waals surface area contributed by atoms with Gasteiger partial charge in [-0.3, -0.25) is 10.1 Å². The normalized spacial score (nSPS) is 12.8. The van der Waals surface area contributed by atoms with Crippen molar-refractivity contribution >= 4 is 0 Å². The van der Waals surface area contributed by atoms with Gasteiger partial charge in [0.15, 0.2) is 0 Å². The predicted molar refractivity (Wildman–Crippen MR) is 49.8 cm³/mol. The number of nitro groups is 1. The van der Waals surface area contributed by atoms with Gasteiger partial charge >= 0.3 is 0 Å². The second-order valence-corrected chi connectivity index (χ2v) is 3.29. The second kappa shape index (κ2) is 7.07. The topological polar surface area (TPSA) is 43.1 Å². The highest BCUT2D eigenvalue weighted by Gasteiger charge is 2.11. The SMILES string of the molecule is CCCCCC(CC)C[N+](=O)[O-]. The fourth-order valence-corrected chi connectivity index (χ4v) is 1.32. The van der Waals surface area contributed by atoms with Gasteiger partial charge in [0.2, 0.25) is 6.54 Å². The van der Waals surface area contributed by atoms with Gasteiger partial charge in [-0.2, -0.15) is 0 Å². The molecule has 72 valence electrons. The fraction of sp³-hybridized carbons (Fsp3) is 1.00. The molecule has 3 nitrogen and oxygen atoms in total. The molecule has 0 amide bonds. The molecule has 1 atom stereocenters.